The molecule has 5 heteroatoms. The summed E-state index contributed by atoms with van der Waals surface area (Å²) < 4.78 is 3.06. The van der Waals surface area contributed by atoms with Crippen molar-refractivity contribution in [2.75, 3.05) is 7.05 Å². The molecule has 1 rings (SSSR count). The highest BCUT2D eigenvalue weighted by Gasteiger charge is 1.97. The van der Waals surface area contributed by atoms with Gasteiger partial charge in [0.1, 0.15) is 0 Å². The van der Waals surface area contributed by atoms with Gasteiger partial charge in [-0.05, 0) is 11.5 Å². The van der Waals surface area contributed by atoms with E-state index in [1.807, 2.05) is 0 Å². The molecule has 0 aliphatic carbocycles. The summed E-state index contributed by atoms with van der Waals surface area (Å²) in [5, 5.41) is 0. The highest BCUT2D eigenvalue weighted by Crippen LogP contribution is 1.76. The molecule has 0 saturated heterocycles. The molecule has 1 aromatic rings. The molecular weight excluding hydrogens is 150 g/mol. The van der Waals surface area contributed by atoms with Crippen LogP contribution in [-0.4, -0.2) is 15.6 Å². The Labute approximate surface area is 62.2 Å². The Bertz CT molecular complexity index is 343. The van der Waals surface area contributed by atoms with Crippen LogP contribution in [0.2, 0.25) is 0 Å². The van der Waals surface area contributed by atoms with Crippen LogP contribution in [0.25, 0.3) is 0 Å². The summed E-state index contributed by atoms with van der Waals surface area (Å²) in [5.74, 6) is 0. The number of aromatic nitrogens is 2. The van der Waals surface area contributed by atoms with Crippen molar-refractivity contribution in [3.8, 4) is 0 Å². The normalized spacial score (nSPS) is 12.5. The number of aryl methyl sites for hydroxylation is 1. The molecule has 0 fully saturated rings. The molecule has 0 saturated carbocycles. The van der Waals surface area contributed by atoms with E-state index in [9.17, 15) is 4.79 Å². The smallest absolute Gasteiger partial charge is 0.271 e. The highest BCUT2D eigenvalue weighted by atomic mass is 32.1. The fourth-order valence-electron chi connectivity index (χ4n) is 0.707. The van der Waals surface area contributed by atoms with E-state index in [0.717, 1.165) is 4.80 Å². The van der Waals surface area contributed by atoms with E-state index in [0.29, 0.717) is 0 Å². The summed E-state index contributed by atoms with van der Waals surface area (Å²) >= 11 is 1.34. The second-order valence-electron chi connectivity index (χ2n) is 1.94. The summed E-state index contributed by atoms with van der Waals surface area (Å²) in [6.45, 7) is 0. The minimum absolute atomic E-state index is 0.0226. The third kappa shape index (κ3) is 0.923. The Balaban J connectivity index is 3.63. The minimum Gasteiger partial charge on any atom is -0.271 e. The first-order chi connectivity index (χ1) is 4.66. The van der Waals surface area contributed by atoms with Crippen LogP contribution in [0.3, 0.4) is 0 Å². The molecular formula is C5H9N3OS. The van der Waals surface area contributed by atoms with Gasteiger partial charge in [0.15, 0.2) is 0 Å². The molecule has 0 aliphatic rings. The van der Waals surface area contributed by atoms with Gasteiger partial charge < -0.3 is 0 Å². The first kappa shape index (κ1) is 7.27. The largest absolute Gasteiger partial charge is 0.339 e. The van der Waals surface area contributed by atoms with E-state index in [-0.39, 0.29) is 5.69 Å². The highest BCUT2D eigenvalue weighted by molar-refractivity contribution is 7.03. The van der Waals surface area contributed by atoms with Crippen molar-refractivity contribution in [1.29, 1.82) is 0 Å². The van der Waals surface area contributed by atoms with Gasteiger partial charge in [-0.2, -0.15) is 0 Å². The lowest BCUT2D eigenvalue weighted by Gasteiger charge is -1.81. The van der Waals surface area contributed by atoms with E-state index in [4.69, 9.17) is 0 Å². The van der Waals surface area contributed by atoms with Gasteiger partial charge in [-0.1, -0.05) is 0 Å². The lowest BCUT2D eigenvalue weighted by Crippen LogP contribution is -2.25. The van der Waals surface area contributed by atoms with Crippen LogP contribution in [0.5, 0.6) is 0 Å². The fourth-order valence-corrected chi connectivity index (χ4v) is 1.43. The van der Waals surface area contributed by atoms with Gasteiger partial charge in [0.05, 0.1) is 0 Å². The maximum atomic E-state index is 11.0. The summed E-state index contributed by atoms with van der Waals surface area (Å²) in [5.41, 5.74) is -0.0226. The quantitative estimate of drug-likeness (QED) is 0.494. The Kier molecular flexibility index (Phi) is 1.76. The van der Waals surface area contributed by atoms with Gasteiger partial charge in [-0.15, -0.1) is 0 Å². The third-order valence-corrected chi connectivity index (χ3v) is 2.30. The average Bonchev–Trinajstić information content (AvgIpc) is 2.17. The fraction of sp³-hybridized carbons (Fsp3) is 0.600. The molecule has 0 amide bonds. The van der Waals surface area contributed by atoms with E-state index >= 15 is 0 Å². The summed E-state index contributed by atoms with van der Waals surface area (Å²) in [6, 6.07) is 0. The molecule has 4 nitrogen and oxygen atoms in total. The second kappa shape index (κ2) is 2.42. The molecule has 0 radical (unpaired) electrons. The topological polar surface area (TPSA) is 39.3 Å². The van der Waals surface area contributed by atoms with Crippen LogP contribution in [0.1, 0.15) is 0 Å². The van der Waals surface area contributed by atoms with Crippen LogP contribution in [0.15, 0.2) is 9.79 Å². The molecule has 0 atom stereocenters. The maximum absolute atomic E-state index is 11.0. The van der Waals surface area contributed by atoms with Crippen molar-refractivity contribution >= 4 is 11.5 Å². The molecule has 0 spiro atoms. The van der Waals surface area contributed by atoms with Gasteiger partial charge in [0.2, 0.25) is 4.80 Å². The van der Waals surface area contributed by atoms with Gasteiger partial charge >= 0.3 is 5.69 Å². The van der Waals surface area contributed by atoms with Crippen LogP contribution < -0.4 is 10.5 Å². The summed E-state index contributed by atoms with van der Waals surface area (Å²) in [4.78, 5) is 15.7. The van der Waals surface area contributed by atoms with Crippen LogP contribution in [0, 0.1) is 0 Å². The summed E-state index contributed by atoms with van der Waals surface area (Å²) in [6.07, 6.45) is 0. The number of nitrogens with zero attached hydrogens (tertiary/aromatic N) is 3. The molecule has 1 aromatic heterocycles. The molecule has 0 aliphatic heterocycles. The number of hydrogen-bond acceptors (Lipinski definition) is 3. The first-order valence-electron chi connectivity index (χ1n) is 2.83. The van der Waals surface area contributed by atoms with E-state index in [1.165, 1.54) is 16.1 Å². The Morgan fingerprint density at radius 3 is 2.30 bits per heavy atom. The predicted molar refractivity (Wildman–Crippen MR) is 40.0 cm³/mol. The standard InChI is InChI=1S/C5H9N3OS/c1-6-4-7(2)5(9)8(3)10-4/h1-3H3. The van der Waals surface area contributed by atoms with Gasteiger partial charge in [-0.25, -0.2) is 8.75 Å². The van der Waals surface area contributed by atoms with E-state index < -0.39 is 0 Å². The maximum Gasteiger partial charge on any atom is 0.339 e. The van der Waals surface area contributed by atoms with Gasteiger partial charge in [0.25, 0.3) is 0 Å². The van der Waals surface area contributed by atoms with Crippen molar-refractivity contribution in [2.45, 2.75) is 0 Å². The van der Waals surface area contributed by atoms with E-state index in [2.05, 4.69) is 4.99 Å². The van der Waals surface area contributed by atoms with Crippen LogP contribution in [-0.2, 0) is 14.1 Å². The molecule has 0 aromatic carbocycles. The Hall–Kier alpha value is -0.840. The molecule has 1 heterocycles. The lowest BCUT2D eigenvalue weighted by atomic mass is 11.0. The third-order valence-electron chi connectivity index (χ3n) is 1.25. The second-order valence-corrected chi connectivity index (χ2v) is 3.03. The molecule has 0 N–H and O–H groups in total. The van der Waals surface area contributed by atoms with Crippen molar-refractivity contribution in [3.05, 3.63) is 15.3 Å². The average molecular weight is 159 g/mol. The SMILES string of the molecule is CN=c1sn(C)c(=O)n1C. The first-order valence-corrected chi connectivity index (χ1v) is 3.60. The minimum atomic E-state index is -0.0226. The Morgan fingerprint density at radius 2 is 2.10 bits per heavy atom. The molecule has 56 valence electrons. The number of hydrogen-bond donors (Lipinski definition) is 0. The van der Waals surface area contributed by atoms with Crippen molar-refractivity contribution in [1.82, 2.24) is 8.52 Å². The summed E-state index contributed by atoms with van der Waals surface area (Å²) in [7, 11) is 5.11. The predicted octanol–water partition coefficient (Wildman–Crippen LogP) is -0.684. The van der Waals surface area contributed by atoms with Gasteiger partial charge in [0, 0.05) is 21.1 Å². The van der Waals surface area contributed by atoms with Crippen LogP contribution in [0.4, 0.5) is 0 Å². The molecule has 0 unspecified atom stereocenters. The number of rotatable bonds is 0. The van der Waals surface area contributed by atoms with Crippen molar-refractivity contribution < 1.29 is 0 Å². The van der Waals surface area contributed by atoms with E-state index in [1.54, 1.807) is 25.1 Å². The monoisotopic (exact) mass is 159 g/mol. The Morgan fingerprint density at radius 1 is 1.50 bits per heavy atom. The molecule has 10 heavy (non-hydrogen) atoms. The van der Waals surface area contributed by atoms with Crippen LogP contribution >= 0.6 is 11.5 Å². The zero-order valence-corrected chi connectivity index (χ0v) is 6.97. The van der Waals surface area contributed by atoms with Crippen molar-refractivity contribution in [2.24, 2.45) is 19.1 Å². The molecule has 0 bridgehead atoms. The van der Waals surface area contributed by atoms with Gasteiger partial charge in [-0.3, -0.25) is 9.56 Å². The zero-order chi connectivity index (χ0) is 7.72. The van der Waals surface area contributed by atoms with Crippen molar-refractivity contribution in [3.63, 3.8) is 0 Å². The zero-order valence-electron chi connectivity index (χ0n) is 6.16. The lowest BCUT2D eigenvalue weighted by molar-refractivity contribution is 0.762.